The molecule has 0 radical (unpaired) electrons. The van der Waals surface area contributed by atoms with Gasteiger partial charge >= 0.3 is 0 Å². The topological polar surface area (TPSA) is 83.4 Å². The van der Waals surface area contributed by atoms with E-state index in [-0.39, 0.29) is 24.3 Å². The lowest BCUT2D eigenvalue weighted by Crippen LogP contribution is -2.38. The minimum Gasteiger partial charge on any atom is -0.375 e. The molecule has 7 rings (SSSR count). The monoisotopic (exact) mass is 551 g/mol. The first kappa shape index (κ1) is 26.0. The number of hydrogen-bond acceptors (Lipinski definition) is 5. The quantitative estimate of drug-likeness (QED) is 0.236. The highest BCUT2D eigenvalue weighted by Gasteiger charge is 2.65. The second kappa shape index (κ2) is 9.86. The summed E-state index contributed by atoms with van der Waals surface area (Å²) in [6, 6.07) is 30.7. The van der Waals surface area contributed by atoms with Crippen LogP contribution in [-0.2, 0) is 15.2 Å². The van der Waals surface area contributed by atoms with Crippen LogP contribution in [-0.4, -0.2) is 38.3 Å². The van der Waals surface area contributed by atoms with E-state index in [0.29, 0.717) is 34.4 Å². The van der Waals surface area contributed by atoms with Gasteiger partial charge in [-0.25, -0.2) is 0 Å². The molecule has 1 aliphatic heterocycles. The van der Waals surface area contributed by atoms with Gasteiger partial charge in [-0.3, -0.25) is 24.5 Å². The average Bonchev–Trinajstić information content (AvgIpc) is 3.67. The van der Waals surface area contributed by atoms with Gasteiger partial charge in [0.05, 0.1) is 5.69 Å². The van der Waals surface area contributed by atoms with Crippen LogP contribution in [0.5, 0.6) is 0 Å². The van der Waals surface area contributed by atoms with Gasteiger partial charge in [0, 0.05) is 53.0 Å². The first-order valence-corrected chi connectivity index (χ1v) is 14.1. The molecule has 3 aliphatic rings. The number of aliphatic hydroxyl groups is 1. The third-order valence-electron chi connectivity index (χ3n) is 8.94. The van der Waals surface area contributed by atoms with Gasteiger partial charge in [-0.05, 0) is 47.4 Å². The summed E-state index contributed by atoms with van der Waals surface area (Å²) in [5.74, 6) is -1.49. The zero-order chi connectivity index (χ0) is 28.9. The van der Waals surface area contributed by atoms with E-state index in [1.165, 1.54) is 4.90 Å². The maximum Gasteiger partial charge on any atom is 0.258 e. The van der Waals surface area contributed by atoms with E-state index in [2.05, 4.69) is 17.6 Å². The zero-order valence-corrected chi connectivity index (χ0v) is 22.9. The molecule has 4 unspecified atom stereocenters. The lowest BCUT2D eigenvalue weighted by Gasteiger charge is -2.37. The van der Waals surface area contributed by atoms with Crippen molar-refractivity contribution in [3.63, 3.8) is 0 Å². The average molecular weight is 552 g/mol. The molecule has 2 aromatic carbocycles. The molecule has 2 amide bonds. The van der Waals surface area contributed by atoms with Crippen LogP contribution in [0.3, 0.4) is 0 Å². The number of aromatic nitrogens is 2. The van der Waals surface area contributed by atoms with Gasteiger partial charge in [-0.15, -0.1) is 6.58 Å². The molecule has 2 aromatic heterocycles. The van der Waals surface area contributed by atoms with E-state index in [0.717, 1.165) is 11.3 Å². The van der Waals surface area contributed by atoms with Gasteiger partial charge in [0.1, 0.15) is 0 Å². The van der Waals surface area contributed by atoms with Crippen molar-refractivity contribution in [1.82, 2.24) is 14.9 Å². The van der Waals surface area contributed by atoms with Crippen molar-refractivity contribution in [2.75, 3.05) is 6.54 Å². The van der Waals surface area contributed by atoms with Crippen LogP contribution < -0.4 is 0 Å². The lowest BCUT2D eigenvalue weighted by atomic mass is 9.66. The SMILES string of the molecule is C=CCN1C(=O)C2=C(C1=O)C1(C(c3ccccc3)c3ccccn3)C=C(C(O)(c3ccccc3)c3ccccn3)C2C1. The van der Waals surface area contributed by atoms with E-state index in [1.54, 1.807) is 24.5 Å². The first-order valence-electron chi connectivity index (χ1n) is 14.1. The van der Waals surface area contributed by atoms with Crippen LogP contribution in [0.1, 0.15) is 34.9 Å². The Morgan fingerprint density at radius 3 is 2.21 bits per heavy atom. The Kier molecular flexibility index (Phi) is 6.10. The van der Waals surface area contributed by atoms with Gasteiger partial charge in [0.15, 0.2) is 5.60 Å². The summed E-state index contributed by atoms with van der Waals surface area (Å²) in [6.07, 6.45) is 7.51. The Balaban J connectivity index is 1.53. The number of likely N-dealkylation sites (tertiary alicyclic amines) is 1. The molecule has 0 fully saturated rings. The number of fused-ring (bicyclic) bond motifs is 4. The van der Waals surface area contributed by atoms with Crippen LogP contribution in [0.15, 0.2) is 145 Å². The fourth-order valence-corrected chi connectivity index (χ4v) is 7.32. The second-order valence-corrected chi connectivity index (χ2v) is 11.1. The molecule has 6 nitrogen and oxygen atoms in total. The molecule has 206 valence electrons. The van der Waals surface area contributed by atoms with Crippen LogP contribution in [0.25, 0.3) is 0 Å². The first-order chi connectivity index (χ1) is 20.5. The molecule has 6 heteroatoms. The van der Waals surface area contributed by atoms with Crippen molar-refractivity contribution in [3.8, 4) is 0 Å². The highest BCUT2D eigenvalue weighted by molar-refractivity contribution is 6.22. The number of carbonyl (C=O) groups excluding carboxylic acids is 2. The molecule has 4 atom stereocenters. The summed E-state index contributed by atoms with van der Waals surface area (Å²) >= 11 is 0. The van der Waals surface area contributed by atoms with Gasteiger partial charge in [0.25, 0.3) is 11.8 Å². The Labute approximate surface area is 244 Å². The number of rotatable bonds is 8. The smallest absolute Gasteiger partial charge is 0.258 e. The fraction of sp³-hybridized carbons (Fsp3) is 0.167. The number of hydrogen-bond donors (Lipinski definition) is 1. The van der Waals surface area contributed by atoms with Crippen molar-refractivity contribution < 1.29 is 14.7 Å². The van der Waals surface area contributed by atoms with E-state index in [9.17, 15) is 14.7 Å². The summed E-state index contributed by atoms with van der Waals surface area (Å²) in [7, 11) is 0. The van der Waals surface area contributed by atoms with Gasteiger partial charge < -0.3 is 5.11 Å². The molecule has 0 saturated carbocycles. The van der Waals surface area contributed by atoms with Crippen LogP contribution in [0, 0.1) is 11.3 Å². The maximum absolute atomic E-state index is 14.1. The second-order valence-electron chi connectivity index (χ2n) is 11.1. The summed E-state index contributed by atoms with van der Waals surface area (Å²) in [5.41, 5.74) is 1.93. The minimum absolute atomic E-state index is 0.117. The summed E-state index contributed by atoms with van der Waals surface area (Å²) in [6.45, 7) is 3.90. The fourth-order valence-electron chi connectivity index (χ4n) is 7.32. The largest absolute Gasteiger partial charge is 0.375 e. The molecule has 4 aromatic rings. The van der Waals surface area contributed by atoms with Gasteiger partial charge in [-0.2, -0.15) is 0 Å². The Bertz CT molecular complexity index is 1670. The van der Waals surface area contributed by atoms with Crippen molar-refractivity contribution in [1.29, 1.82) is 0 Å². The van der Waals surface area contributed by atoms with Crippen LogP contribution >= 0.6 is 0 Å². The van der Waals surface area contributed by atoms with E-state index < -0.39 is 16.9 Å². The van der Waals surface area contributed by atoms with Crippen LogP contribution in [0.4, 0.5) is 0 Å². The summed E-state index contributed by atoms with van der Waals surface area (Å²) in [4.78, 5) is 38.8. The predicted octanol–water partition coefficient (Wildman–Crippen LogP) is 5.34. The molecule has 2 bridgehead atoms. The minimum atomic E-state index is -1.63. The van der Waals surface area contributed by atoms with E-state index in [4.69, 9.17) is 4.98 Å². The standard InChI is InChI=1S/C36H29N3O3/c1-2-21-39-33(40)30-26-22-35(32(30)34(39)41,31(24-13-5-3-6-14-24)28-17-9-11-19-37-28)23-27(26)36(42,25-15-7-4-8-16-25)29-18-10-12-20-38-29/h2-20,23,26,31,42H,1,21-22H2. The lowest BCUT2D eigenvalue weighted by molar-refractivity contribution is -0.137. The molecule has 0 saturated heterocycles. The Morgan fingerprint density at radius 1 is 0.905 bits per heavy atom. The summed E-state index contributed by atoms with van der Waals surface area (Å²) < 4.78 is 0. The third-order valence-corrected chi connectivity index (χ3v) is 8.94. The molecule has 1 N–H and O–H groups in total. The van der Waals surface area contributed by atoms with Crippen LogP contribution in [0.2, 0.25) is 0 Å². The maximum atomic E-state index is 14.1. The summed E-state index contributed by atoms with van der Waals surface area (Å²) in [5, 5.41) is 12.9. The molecular formula is C36H29N3O3. The van der Waals surface area contributed by atoms with Crippen molar-refractivity contribution >= 4 is 11.8 Å². The number of allylic oxidation sites excluding steroid dienone is 1. The zero-order valence-electron chi connectivity index (χ0n) is 22.9. The Hall–Kier alpha value is -4.94. The molecule has 42 heavy (non-hydrogen) atoms. The molecule has 0 spiro atoms. The van der Waals surface area contributed by atoms with Crippen molar-refractivity contribution in [3.05, 3.63) is 167 Å². The number of imide groups is 1. The third kappa shape index (κ3) is 3.62. The number of pyridine rings is 2. The number of benzene rings is 2. The highest BCUT2D eigenvalue weighted by atomic mass is 16.3. The number of carbonyl (C=O) groups is 2. The van der Waals surface area contributed by atoms with Crippen molar-refractivity contribution in [2.45, 2.75) is 17.9 Å². The van der Waals surface area contributed by atoms with Crippen molar-refractivity contribution in [2.24, 2.45) is 11.3 Å². The Morgan fingerprint density at radius 2 is 1.57 bits per heavy atom. The molecule has 2 aliphatic carbocycles. The normalized spacial score (nSPS) is 23.0. The highest BCUT2D eigenvalue weighted by Crippen LogP contribution is 2.67. The number of amides is 2. The van der Waals surface area contributed by atoms with Gasteiger partial charge in [0.2, 0.25) is 0 Å². The van der Waals surface area contributed by atoms with Gasteiger partial charge in [-0.1, -0.05) is 84.9 Å². The molecule has 3 heterocycles. The van der Waals surface area contributed by atoms with E-state index >= 15 is 0 Å². The number of nitrogens with zero attached hydrogens (tertiary/aromatic N) is 3. The van der Waals surface area contributed by atoms with E-state index in [1.807, 2.05) is 91.0 Å². The molecular weight excluding hydrogens is 522 g/mol. The predicted molar refractivity (Wildman–Crippen MR) is 159 cm³/mol.